The molecule has 1 aliphatic rings. The van der Waals surface area contributed by atoms with Crippen LogP contribution in [0.15, 0.2) is 67.9 Å². The third-order valence-corrected chi connectivity index (χ3v) is 8.20. The summed E-state index contributed by atoms with van der Waals surface area (Å²) in [5.41, 5.74) is 1.25. The molecule has 0 aliphatic carbocycles. The molecular formula is C31H27ClN2O9S. The first-order valence-corrected chi connectivity index (χ1v) is 14.4. The van der Waals surface area contributed by atoms with Crippen molar-refractivity contribution in [2.45, 2.75) is 19.9 Å². The SMILES string of the molecule is CCOC(=O)C1=C(C)N=c2s/c(=C\c3ccc(-c4ccc(C(=O)O)c(Cl)c4)o3)c(=O)n2[C@@H]1c1cc(OC)c(OC)c(OC)c1. The van der Waals surface area contributed by atoms with E-state index in [2.05, 4.69) is 4.99 Å². The molecule has 1 N–H and O–H groups in total. The van der Waals surface area contributed by atoms with Crippen LogP contribution in [0.2, 0.25) is 5.02 Å². The number of carbonyl (C=O) groups is 2. The quantitative estimate of drug-likeness (QED) is 0.264. The number of rotatable bonds is 9. The summed E-state index contributed by atoms with van der Waals surface area (Å²) in [5.74, 6) is 0.112. The Morgan fingerprint density at radius 2 is 1.80 bits per heavy atom. The highest BCUT2D eigenvalue weighted by Gasteiger charge is 2.34. The maximum atomic E-state index is 14.0. The second kappa shape index (κ2) is 12.4. The predicted octanol–water partition coefficient (Wildman–Crippen LogP) is 4.44. The molecule has 0 bridgehead atoms. The van der Waals surface area contributed by atoms with E-state index >= 15 is 0 Å². The lowest BCUT2D eigenvalue weighted by Gasteiger charge is -2.26. The van der Waals surface area contributed by atoms with Crippen LogP contribution in [0.4, 0.5) is 0 Å². The van der Waals surface area contributed by atoms with Gasteiger partial charge in [-0.05, 0) is 55.8 Å². The molecule has 44 heavy (non-hydrogen) atoms. The van der Waals surface area contributed by atoms with Gasteiger partial charge in [0.2, 0.25) is 5.75 Å². The lowest BCUT2D eigenvalue weighted by Crippen LogP contribution is -2.40. The topological polar surface area (TPSA) is 139 Å². The van der Waals surface area contributed by atoms with Gasteiger partial charge in [-0.3, -0.25) is 9.36 Å². The Labute approximate surface area is 259 Å². The molecule has 4 aromatic rings. The largest absolute Gasteiger partial charge is 0.493 e. The predicted molar refractivity (Wildman–Crippen MR) is 163 cm³/mol. The number of nitrogens with zero attached hydrogens (tertiary/aromatic N) is 2. The van der Waals surface area contributed by atoms with Gasteiger partial charge in [-0.1, -0.05) is 29.0 Å². The smallest absolute Gasteiger partial charge is 0.338 e. The number of hydrogen-bond acceptors (Lipinski definition) is 10. The summed E-state index contributed by atoms with van der Waals surface area (Å²) in [7, 11) is 4.44. The summed E-state index contributed by atoms with van der Waals surface area (Å²) in [4.78, 5) is 43.5. The molecule has 1 aliphatic heterocycles. The Morgan fingerprint density at radius 3 is 2.39 bits per heavy atom. The van der Waals surface area contributed by atoms with Crippen molar-refractivity contribution in [3.05, 3.63) is 95.3 Å². The van der Waals surface area contributed by atoms with E-state index < -0.39 is 23.5 Å². The van der Waals surface area contributed by atoms with Gasteiger partial charge in [-0.15, -0.1) is 0 Å². The van der Waals surface area contributed by atoms with Crippen LogP contribution in [0.25, 0.3) is 17.4 Å². The highest BCUT2D eigenvalue weighted by atomic mass is 35.5. The molecule has 0 saturated carbocycles. The Bertz CT molecular complexity index is 1980. The van der Waals surface area contributed by atoms with Crippen molar-refractivity contribution in [3.63, 3.8) is 0 Å². The lowest BCUT2D eigenvalue weighted by molar-refractivity contribution is -0.139. The van der Waals surface area contributed by atoms with Crippen molar-refractivity contribution in [2.75, 3.05) is 27.9 Å². The van der Waals surface area contributed by atoms with E-state index in [4.69, 9.17) is 35.0 Å². The van der Waals surface area contributed by atoms with Gasteiger partial charge in [0.05, 0.1) is 60.4 Å². The summed E-state index contributed by atoms with van der Waals surface area (Å²) >= 11 is 7.27. The Kier molecular flexibility index (Phi) is 8.66. The number of fused-ring (bicyclic) bond motifs is 1. The third-order valence-electron chi connectivity index (χ3n) is 6.90. The number of halogens is 1. The van der Waals surface area contributed by atoms with Crippen LogP contribution >= 0.6 is 22.9 Å². The van der Waals surface area contributed by atoms with Crippen LogP contribution in [0.3, 0.4) is 0 Å². The van der Waals surface area contributed by atoms with Crippen molar-refractivity contribution >= 4 is 41.0 Å². The molecule has 0 fully saturated rings. The first-order valence-electron chi connectivity index (χ1n) is 13.2. The number of carboxylic acid groups (broad SMARTS) is 1. The van der Waals surface area contributed by atoms with Crippen molar-refractivity contribution in [1.82, 2.24) is 4.57 Å². The summed E-state index contributed by atoms with van der Waals surface area (Å²) in [6.45, 7) is 3.52. The molecule has 11 nitrogen and oxygen atoms in total. The zero-order valence-electron chi connectivity index (χ0n) is 24.3. The average Bonchev–Trinajstić information content (AvgIpc) is 3.59. The fraction of sp³-hybridized carbons (Fsp3) is 0.226. The maximum absolute atomic E-state index is 14.0. The highest BCUT2D eigenvalue weighted by Crippen LogP contribution is 2.42. The zero-order chi connectivity index (χ0) is 31.7. The summed E-state index contributed by atoms with van der Waals surface area (Å²) in [5, 5.41) is 9.32. The van der Waals surface area contributed by atoms with Gasteiger partial charge in [-0.25, -0.2) is 14.6 Å². The second-order valence-electron chi connectivity index (χ2n) is 9.46. The molecule has 1 atom stereocenters. The van der Waals surface area contributed by atoms with Gasteiger partial charge in [0, 0.05) is 11.6 Å². The fourth-order valence-electron chi connectivity index (χ4n) is 4.92. The van der Waals surface area contributed by atoms with Crippen molar-refractivity contribution in [2.24, 2.45) is 4.99 Å². The summed E-state index contributed by atoms with van der Waals surface area (Å²) in [6.07, 6.45) is 1.58. The normalized spacial score (nSPS) is 14.6. The van der Waals surface area contributed by atoms with E-state index in [1.165, 1.54) is 38.0 Å². The van der Waals surface area contributed by atoms with Crippen LogP contribution in [-0.4, -0.2) is 49.5 Å². The summed E-state index contributed by atoms with van der Waals surface area (Å²) < 4.78 is 29.6. The van der Waals surface area contributed by atoms with E-state index in [9.17, 15) is 19.5 Å². The first kappa shape index (κ1) is 30.6. The minimum absolute atomic E-state index is 0.0255. The number of methoxy groups -OCH3 is 3. The number of carboxylic acids is 1. The lowest BCUT2D eigenvalue weighted by atomic mass is 9.95. The standard InChI is InChI=1S/C31H27ClN2O9S/c1-6-42-30(38)25-15(2)33-31-34(26(25)17-12-22(39-3)27(41-5)23(13-17)40-4)28(35)24(44-31)14-18-8-10-21(43-18)16-7-9-19(29(36)37)20(32)11-16/h7-14,26H,6H2,1-5H3,(H,36,37)/b24-14-/t26-/m1/s1. The summed E-state index contributed by atoms with van der Waals surface area (Å²) in [6, 6.07) is 10.3. The van der Waals surface area contributed by atoms with Gasteiger partial charge in [-0.2, -0.15) is 0 Å². The van der Waals surface area contributed by atoms with Crippen LogP contribution in [0.1, 0.15) is 41.6 Å². The zero-order valence-corrected chi connectivity index (χ0v) is 25.9. The monoisotopic (exact) mass is 638 g/mol. The minimum Gasteiger partial charge on any atom is -0.493 e. The molecule has 5 rings (SSSR count). The Balaban J connectivity index is 1.66. The molecule has 0 saturated heterocycles. The van der Waals surface area contributed by atoms with Gasteiger partial charge in [0.25, 0.3) is 5.56 Å². The molecule has 2 aromatic carbocycles. The van der Waals surface area contributed by atoms with Crippen LogP contribution in [0.5, 0.6) is 17.2 Å². The molecule has 13 heteroatoms. The molecule has 0 amide bonds. The molecular weight excluding hydrogens is 612 g/mol. The van der Waals surface area contributed by atoms with Crippen molar-refractivity contribution in [1.29, 1.82) is 0 Å². The van der Waals surface area contributed by atoms with Gasteiger partial charge >= 0.3 is 11.9 Å². The molecule has 2 aromatic heterocycles. The van der Waals surface area contributed by atoms with Crippen LogP contribution < -0.4 is 29.1 Å². The number of aromatic carboxylic acids is 1. The molecule has 0 unspecified atom stereocenters. The van der Waals surface area contributed by atoms with Gasteiger partial charge in [0.15, 0.2) is 16.3 Å². The van der Waals surface area contributed by atoms with Crippen LogP contribution in [-0.2, 0) is 9.53 Å². The van der Waals surface area contributed by atoms with Gasteiger partial charge < -0.3 is 28.5 Å². The van der Waals surface area contributed by atoms with E-state index in [0.717, 1.165) is 11.3 Å². The third kappa shape index (κ3) is 5.49. The van der Waals surface area contributed by atoms with Gasteiger partial charge in [0.1, 0.15) is 11.5 Å². The van der Waals surface area contributed by atoms with Crippen molar-refractivity contribution in [3.8, 4) is 28.6 Å². The number of hydrogen-bond donors (Lipinski definition) is 1. The number of furan rings is 1. The Hall–Kier alpha value is -4.81. The van der Waals surface area contributed by atoms with Crippen LogP contribution in [0, 0.1) is 0 Å². The Morgan fingerprint density at radius 1 is 1.09 bits per heavy atom. The fourth-order valence-corrected chi connectivity index (χ4v) is 6.21. The molecule has 228 valence electrons. The number of allylic oxidation sites excluding steroid dienone is 1. The molecule has 3 heterocycles. The van der Waals surface area contributed by atoms with E-state index in [-0.39, 0.29) is 22.8 Å². The van der Waals surface area contributed by atoms with E-state index in [0.29, 0.717) is 54.9 Å². The highest BCUT2D eigenvalue weighted by molar-refractivity contribution is 7.07. The van der Waals surface area contributed by atoms with E-state index in [1.54, 1.807) is 50.3 Å². The number of benzene rings is 2. The number of thiazole rings is 1. The van der Waals surface area contributed by atoms with Crippen molar-refractivity contribution < 1.29 is 38.1 Å². The number of aromatic nitrogens is 1. The molecule has 0 spiro atoms. The number of carbonyl (C=O) groups excluding carboxylic acids is 1. The minimum atomic E-state index is -1.14. The van der Waals surface area contributed by atoms with E-state index in [1.807, 2.05) is 0 Å². The second-order valence-corrected chi connectivity index (χ2v) is 10.9. The molecule has 0 radical (unpaired) electrons. The number of esters is 1. The first-order chi connectivity index (χ1) is 21.1. The maximum Gasteiger partial charge on any atom is 0.338 e. The average molecular weight is 639 g/mol. The number of ether oxygens (including phenoxy) is 4.